The SMILES string of the molecule is CNc1c(-c2ccc3nn(C)cc3c2)c(=O)n(-c2cccc(C#N)c2)c2nc(Cl)c(F)cc12. The smallest absolute Gasteiger partial charge is 0.266 e. The molecule has 9 heteroatoms. The van der Waals surface area contributed by atoms with Gasteiger partial charge in [-0.2, -0.15) is 10.4 Å². The van der Waals surface area contributed by atoms with Crippen LogP contribution in [0, 0.1) is 17.1 Å². The second-order valence-corrected chi connectivity index (χ2v) is 7.87. The van der Waals surface area contributed by atoms with Crippen molar-refractivity contribution >= 4 is 39.2 Å². The molecule has 0 bridgehead atoms. The van der Waals surface area contributed by atoms with E-state index in [1.807, 2.05) is 25.4 Å². The van der Waals surface area contributed by atoms with Gasteiger partial charge in [-0.1, -0.05) is 23.7 Å². The summed E-state index contributed by atoms with van der Waals surface area (Å²) in [6.07, 6.45) is 1.86. The summed E-state index contributed by atoms with van der Waals surface area (Å²) in [5.41, 5.74) is 2.76. The number of nitrogens with zero attached hydrogens (tertiary/aromatic N) is 5. The van der Waals surface area contributed by atoms with Crippen LogP contribution in [0.1, 0.15) is 5.56 Å². The molecule has 0 amide bonds. The Bertz CT molecular complexity index is 1680. The third-order valence-corrected chi connectivity index (χ3v) is 5.72. The number of nitrogens with one attached hydrogen (secondary N) is 1. The van der Waals surface area contributed by atoms with Crippen LogP contribution in [-0.4, -0.2) is 26.4 Å². The Morgan fingerprint density at radius 1 is 1.18 bits per heavy atom. The number of nitriles is 1. The standard InChI is InChI=1S/C24H16ClFN6O/c1-28-21-17-10-18(26)22(25)29-23(17)32(16-5-3-4-13(8-16)11-27)24(33)20(21)14-6-7-19-15(9-14)12-31(2)30-19/h3-10,12,28H,1-2H3. The molecule has 0 saturated heterocycles. The number of aryl methyl sites for hydroxylation is 1. The average Bonchev–Trinajstić information content (AvgIpc) is 3.18. The minimum atomic E-state index is -0.703. The number of anilines is 1. The second kappa shape index (κ2) is 7.73. The molecule has 0 fully saturated rings. The van der Waals surface area contributed by atoms with Crippen molar-refractivity contribution in [1.29, 1.82) is 5.26 Å². The van der Waals surface area contributed by atoms with E-state index in [9.17, 15) is 14.4 Å². The average molecular weight is 459 g/mol. The molecule has 0 unspecified atom stereocenters. The van der Waals surface area contributed by atoms with Crippen LogP contribution >= 0.6 is 11.6 Å². The molecule has 0 aliphatic heterocycles. The number of halogens is 2. The lowest BCUT2D eigenvalue weighted by molar-refractivity contribution is 0.624. The fraction of sp³-hybridized carbons (Fsp3) is 0.0833. The fourth-order valence-corrected chi connectivity index (χ4v) is 4.18. The number of pyridine rings is 2. The van der Waals surface area contributed by atoms with Crippen LogP contribution in [0.15, 0.2) is 59.5 Å². The van der Waals surface area contributed by atoms with Gasteiger partial charge in [0.05, 0.1) is 34.1 Å². The van der Waals surface area contributed by atoms with Gasteiger partial charge in [0.25, 0.3) is 5.56 Å². The zero-order chi connectivity index (χ0) is 23.3. The normalized spacial score (nSPS) is 11.1. The van der Waals surface area contributed by atoms with Crippen molar-refractivity contribution in [2.75, 3.05) is 12.4 Å². The molecule has 0 radical (unpaired) electrons. The zero-order valence-corrected chi connectivity index (χ0v) is 18.4. The molecule has 0 saturated carbocycles. The van der Waals surface area contributed by atoms with E-state index in [0.29, 0.717) is 33.5 Å². The topological polar surface area (TPSA) is 88.5 Å². The molecule has 5 aromatic rings. The van der Waals surface area contributed by atoms with Gasteiger partial charge in [-0.3, -0.25) is 14.0 Å². The molecule has 2 aromatic carbocycles. The summed E-state index contributed by atoms with van der Waals surface area (Å²) in [6.45, 7) is 0. The Morgan fingerprint density at radius 3 is 2.76 bits per heavy atom. The van der Waals surface area contributed by atoms with E-state index in [1.54, 1.807) is 42.1 Å². The summed E-state index contributed by atoms with van der Waals surface area (Å²) in [5, 5.41) is 17.7. The fourth-order valence-electron chi connectivity index (χ4n) is 4.05. The number of rotatable bonds is 3. The van der Waals surface area contributed by atoms with E-state index in [2.05, 4.69) is 21.5 Å². The van der Waals surface area contributed by atoms with Crippen LogP contribution in [-0.2, 0) is 7.05 Å². The molecule has 3 heterocycles. The first-order valence-electron chi connectivity index (χ1n) is 9.98. The van der Waals surface area contributed by atoms with Gasteiger partial charge < -0.3 is 5.32 Å². The van der Waals surface area contributed by atoms with Gasteiger partial charge in [-0.15, -0.1) is 0 Å². The van der Waals surface area contributed by atoms with Gasteiger partial charge in [0.15, 0.2) is 16.6 Å². The summed E-state index contributed by atoms with van der Waals surface area (Å²) in [6, 6.07) is 15.4. The van der Waals surface area contributed by atoms with Crippen molar-refractivity contribution in [3.8, 4) is 22.9 Å². The van der Waals surface area contributed by atoms with Crippen molar-refractivity contribution in [2.24, 2.45) is 7.05 Å². The number of hydrogen-bond donors (Lipinski definition) is 1. The first-order valence-corrected chi connectivity index (χ1v) is 10.4. The Morgan fingerprint density at radius 2 is 2.00 bits per heavy atom. The van der Waals surface area contributed by atoms with E-state index in [1.165, 1.54) is 10.6 Å². The van der Waals surface area contributed by atoms with E-state index in [-0.39, 0.29) is 16.4 Å². The molecule has 7 nitrogen and oxygen atoms in total. The molecule has 0 aliphatic carbocycles. The summed E-state index contributed by atoms with van der Waals surface area (Å²) >= 11 is 5.99. The lowest BCUT2D eigenvalue weighted by atomic mass is 10.0. The predicted molar refractivity (Wildman–Crippen MR) is 126 cm³/mol. The van der Waals surface area contributed by atoms with E-state index in [4.69, 9.17) is 11.6 Å². The Kier molecular flexibility index (Phi) is 4.84. The molecular formula is C24H16ClFN6O. The van der Waals surface area contributed by atoms with Gasteiger partial charge in [0, 0.05) is 31.1 Å². The predicted octanol–water partition coefficient (Wildman–Crippen LogP) is 4.65. The van der Waals surface area contributed by atoms with E-state index in [0.717, 1.165) is 10.9 Å². The Hall–Kier alpha value is -4.22. The Labute approximate surface area is 192 Å². The number of hydrogen-bond acceptors (Lipinski definition) is 5. The quantitative estimate of drug-likeness (QED) is 0.398. The molecule has 0 aliphatic rings. The summed E-state index contributed by atoms with van der Waals surface area (Å²) in [4.78, 5) is 18.1. The number of aromatic nitrogens is 4. The third kappa shape index (κ3) is 3.30. The van der Waals surface area contributed by atoms with Crippen LogP contribution in [0.2, 0.25) is 5.15 Å². The van der Waals surface area contributed by atoms with E-state index < -0.39 is 5.82 Å². The maximum Gasteiger partial charge on any atom is 0.266 e. The summed E-state index contributed by atoms with van der Waals surface area (Å²) in [5.74, 6) is -0.703. The van der Waals surface area contributed by atoms with Gasteiger partial charge in [0.1, 0.15) is 0 Å². The van der Waals surface area contributed by atoms with Gasteiger partial charge in [0.2, 0.25) is 0 Å². The highest BCUT2D eigenvalue weighted by Gasteiger charge is 2.22. The molecule has 3 aromatic heterocycles. The van der Waals surface area contributed by atoms with Crippen molar-refractivity contribution in [1.82, 2.24) is 19.3 Å². The van der Waals surface area contributed by atoms with Crippen LogP contribution in [0.25, 0.3) is 38.8 Å². The number of fused-ring (bicyclic) bond motifs is 2. The lowest BCUT2D eigenvalue weighted by Gasteiger charge is -2.18. The molecule has 5 rings (SSSR count). The van der Waals surface area contributed by atoms with Crippen molar-refractivity contribution in [2.45, 2.75) is 0 Å². The highest BCUT2D eigenvalue weighted by Crippen LogP contribution is 2.35. The third-order valence-electron chi connectivity index (χ3n) is 5.45. The highest BCUT2D eigenvalue weighted by atomic mass is 35.5. The Balaban J connectivity index is 1.95. The first kappa shape index (κ1) is 20.7. The molecule has 0 spiro atoms. The molecule has 33 heavy (non-hydrogen) atoms. The van der Waals surface area contributed by atoms with Crippen LogP contribution in [0.4, 0.5) is 10.1 Å². The summed E-state index contributed by atoms with van der Waals surface area (Å²) < 4.78 is 17.5. The van der Waals surface area contributed by atoms with E-state index >= 15 is 0 Å². The summed E-state index contributed by atoms with van der Waals surface area (Å²) in [7, 11) is 3.48. The van der Waals surface area contributed by atoms with Gasteiger partial charge >= 0.3 is 0 Å². The van der Waals surface area contributed by atoms with Crippen molar-refractivity contribution < 1.29 is 4.39 Å². The minimum absolute atomic E-state index is 0.178. The molecule has 0 atom stereocenters. The van der Waals surface area contributed by atoms with Crippen LogP contribution in [0.3, 0.4) is 0 Å². The molecule has 1 N–H and O–H groups in total. The minimum Gasteiger partial charge on any atom is -0.387 e. The molecular weight excluding hydrogens is 443 g/mol. The lowest BCUT2D eigenvalue weighted by Crippen LogP contribution is -2.23. The maximum absolute atomic E-state index is 14.5. The largest absolute Gasteiger partial charge is 0.387 e. The van der Waals surface area contributed by atoms with Crippen molar-refractivity contribution in [3.63, 3.8) is 0 Å². The second-order valence-electron chi connectivity index (χ2n) is 7.51. The van der Waals surface area contributed by atoms with Crippen molar-refractivity contribution in [3.05, 3.63) is 81.6 Å². The number of benzene rings is 2. The first-order chi connectivity index (χ1) is 15.9. The highest BCUT2D eigenvalue weighted by molar-refractivity contribution is 6.30. The van der Waals surface area contributed by atoms with Gasteiger partial charge in [-0.25, -0.2) is 9.37 Å². The van der Waals surface area contributed by atoms with Crippen LogP contribution in [0.5, 0.6) is 0 Å². The van der Waals surface area contributed by atoms with Crippen LogP contribution < -0.4 is 10.9 Å². The van der Waals surface area contributed by atoms with Gasteiger partial charge in [-0.05, 0) is 42.0 Å². The zero-order valence-electron chi connectivity index (χ0n) is 17.6. The monoisotopic (exact) mass is 458 g/mol. The molecule has 162 valence electrons. The maximum atomic E-state index is 14.5.